The number of morpholine rings is 1. The molecule has 2 bridgehead atoms. The molecular formula is C21H30N2O4. The SMILES string of the molecule is C=CC(C)(C)[C@H]1OC[C@]2(Cc3ccccn3)OC[C@@H]1N2C(=O)OC(C)(C)C. The summed E-state index contributed by atoms with van der Waals surface area (Å²) in [6.45, 7) is 14.3. The van der Waals surface area contributed by atoms with E-state index in [1.807, 2.05) is 45.0 Å². The zero-order valence-electron chi connectivity index (χ0n) is 16.9. The van der Waals surface area contributed by atoms with Gasteiger partial charge in [-0.3, -0.25) is 9.88 Å². The molecule has 3 heterocycles. The number of hydrogen-bond acceptors (Lipinski definition) is 5. The van der Waals surface area contributed by atoms with E-state index in [1.165, 1.54) is 0 Å². The van der Waals surface area contributed by atoms with Crippen LogP contribution >= 0.6 is 0 Å². The van der Waals surface area contributed by atoms with Gasteiger partial charge in [0.15, 0.2) is 5.72 Å². The van der Waals surface area contributed by atoms with E-state index in [4.69, 9.17) is 14.2 Å². The largest absolute Gasteiger partial charge is 0.444 e. The molecule has 0 radical (unpaired) electrons. The minimum atomic E-state index is -0.908. The highest BCUT2D eigenvalue weighted by atomic mass is 16.6. The monoisotopic (exact) mass is 374 g/mol. The van der Waals surface area contributed by atoms with Gasteiger partial charge in [-0.1, -0.05) is 26.0 Å². The number of ether oxygens (including phenoxy) is 3. The summed E-state index contributed by atoms with van der Waals surface area (Å²) < 4.78 is 18.2. The van der Waals surface area contributed by atoms with E-state index in [0.29, 0.717) is 13.0 Å². The minimum absolute atomic E-state index is 0.220. The van der Waals surface area contributed by atoms with Crippen LogP contribution in [0.4, 0.5) is 4.79 Å². The molecule has 6 heteroatoms. The highest BCUT2D eigenvalue weighted by molar-refractivity contribution is 5.70. The number of carbonyl (C=O) groups excluding carboxylic acids is 1. The number of hydrogen-bond donors (Lipinski definition) is 0. The average Bonchev–Trinajstić information content (AvgIpc) is 2.83. The Morgan fingerprint density at radius 1 is 1.41 bits per heavy atom. The van der Waals surface area contributed by atoms with Crippen LogP contribution in [-0.2, 0) is 20.6 Å². The molecule has 2 aliphatic heterocycles. The van der Waals surface area contributed by atoms with Crippen LogP contribution in [0.15, 0.2) is 37.1 Å². The molecule has 0 saturated carbocycles. The summed E-state index contributed by atoms with van der Waals surface area (Å²) in [7, 11) is 0. The first kappa shape index (κ1) is 19.8. The molecule has 2 aliphatic rings. The summed E-state index contributed by atoms with van der Waals surface area (Å²) in [6.07, 6.45) is 3.46. The van der Waals surface area contributed by atoms with Gasteiger partial charge in [-0.25, -0.2) is 4.79 Å². The van der Waals surface area contributed by atoms with Gasteiger partial charge in [-0.2, -0.15) is 0 Å². The molecule has 148 valence electrons. The fourth-order valence-electron chi connectivity index (χ4n) is 3.76. The predicted molar refractivity (Wildman–Crippen MR) is 102 cm³/mol. The fourth-order valence-corrected chi connectivity index (χ4v) is 3.76. The minimum Gasteiger partial charge on any atom is -0.444 e. The lowest BCUT2D eigenvalue weighted by molar-refractivity contribution is -0.188. The van der Waals surface area contributed by atoms with Crippen LogP contribution in [0.1, 0.15) is 40.3 Å². The lowest BCUT2D eigenvalue weighted by Gasteiger charge is -2.48. The second-order valence-corrected chi connectivity index (χ2v) is 8.93. The Labute approximate surface area is 161 Å². The number of rotatable bonds is 4. The second-order valence-electron chi connectivity index (χ2n) is 8.93. The summed E-state index contributed by atoms with van der Waals surface area (Å²) in [4.78, 5) is 19.3. The van der Waals surface area contributed by atoms with Gasteiger partial charge < -0.3 is 14.2 Å². The van der Waals surface area contributed by atoms with Gasteiger partial charge in [0.05, 0.1) is 25.4 Å². The van der Waals surface area contributed by atoms with Crippen LogP contribution in [0.25, 0.3) is 0 Å². The van der Waals surface area contributed by atoms with Crippen molar-refractivity contribution in [3.05, 3.63) is 42.7 Å². The molecule has 3 atom stereocenters. The van der Waals surface area contributed by atoms with E-state index < -0.39 is 11.3 Å². The van der Waals surface area contributed by atoms with Crippen molar-refractivity contribution < 1.29 is 19.0 Å². The Hall–Kier alpha value is -1.92. The van der Waals surface area contributed by atoms with E-state index in [0.717, 1.165) is 5.69 Å². The van der Waals surface area contributed by atoms with E-state index in [9.17, 15) is 4.79 Å². The molecule has 0 aliphatic carbocycles. The smallest absolute Gasteiger partial charge is 0.413 e. The number of fused-ring (bicyclic) bond motifs is 2. The highest BCUT2D eigenvalue weighted by Gasteiger charge is 2.60. The molecule has 27 heavy (non-hydrogen) atoms. The zero-order chi connectivity index (χ0) is 19.9. The van der Waals surface area contributed by atoms with Crippen LogP contribution in [0.5, 0.6) is 0 Å². The van der Waals surface area contributed by atoms with E-state index in [1.54, 1.807) is 11.1 Å². The average molecular weight is 374 g/mol. The van der Waals surface area contributed by atoms with Crippen LogP contribution in [0.3, 0.4) is 0 Å². The van der Waals surface area contributed by atoms with E-state index in [2.05, 4.69) is 25.4 Å². The van der Waals surface area contributed by atoms with Gasteiger partial charge in [0.25, 0.3) is 0 Å². The zero-order valence-corrected chi connectivity index (χ0v) is 16.9. The summed E-state index contributed by atoms with van der Waals surface area (Å²) in [5.74, 6) is 0. The molecule has 1 amide bonds. The predicted octanol–water partition coefficient (Wildman–Crippen LogP) is 3.57. The van der Waals surface area contributed by atoms with Crippen LogP contribution < -0.4 is 0 Å². The van der Waals surface area contributed by atoms with Crippen molar-refractivity contribution in [2.75, 3.05) is 13.2 Å². The van der Waals surface area contributed by atoms with Gasteiger partial charge in [0.1, 0.15) is 5.60 Å². The summed E-state index contributed by atoms with van der Waals surface area (Å²) in [5, 5.41) is 0. The third-order valence-electron chi connectivity index (χ3n) is 5.16. The van der Waals surface area contributed by atoms with Crippen molar-refractivity contribution in [1.29, 1.82) is 0 Å². The van der Waals surface area contributed by atoms with Gasteiger partial charge in [0, 0.05) is 23.7 Å². The summed E-state index contributed by atoms with van der Waals surface area (Å²) >= 11 is 0. The van der Waals surface area contributed by atoms with Crippen molar-refractivity contribution >= 4 is 6.09 Å². The molecule has 1 aromatic rings. The van der Waals surface area contributed by atoms with Gasteiger partial charge >= 0.3 is 6.09 Å². The fraction of sp³-hybridized carbons (Fsp3) is 0.619. The maximum Gasteiger partial charge on any atom is 0.413 e. The topological polar surface area (TPSA) is 60.9 Å². The Balaban J connectivity index is 1.95. The molecule has 0 N–H and O–H groups in total. The second kappa shape index (κ2) is 6.91. The van der Waals surface area contributed by atoms with Crippen LogP contribution in [0.2, 0.25) is 0 Å². The number of nitrogens with zero attached hydrogens (tertiary/aromatic N) is 2. The molecular weight excluding hydrogens is 344 g/mol. The van der Waals surface area contributed by atoms with Crippen molar-refractivity contribution in [2.45, 2.75) is 64.5 Å². The lowest BCUT2D eigenvalue weighted by atomic mass is 9.81. The number of aromatic nitrogens is 1. The quantitative estimate of drug-likeness (QED) is 0.754. The normalized spacial score (nSPS) is 28.1. The van der Waals surface area contributed by atoms with Gasteiger partial charge in [-0.15, -0.1) is 6.58 Å². The Bertz CT molecular complexity index is 698. The van der Waals surface area contributed by atoms with Crippen molar-refractivity contribution in [3.63, 3.8) is 0 Å². The number of pyridine rings is 1. The first-order valence-electron chi connectivity index (χ1n) is 9.39. The molecule has 2 fully saturated rings. The van der Waals surface area contributed by atoms with Crippen molar-refractivity contribution in [3.8, 4) is 0 Å². The first-order valence-corrected chi connectivity index (χ1v) is 9.39. The van der Waals surface area contributed by atoms with Crippen molar-refractivity contribution in [1.82, 2.24) is 9.88 Å². The van der Waals surface area contributed by atoms with Gasteiger partial charge in [0.2, 0.25) is 0 Å². The Morgan fingerprint density at radius 3 is 2.74 bits per heavy atom. The van der Waals surface area contributed by atoms with Crippen LogP contribution in [0, 0.1) is 5.41 Å². The van der Waals surface area contributed by atoms with Crippen molar-refractivity contribution in [2.24, 2.45) is 5.41 Å². The van der Waals surface area contributed by atoms with Gasteiger partial charge in [-0.05, 0) is 32.9 Å². The molecule has 3 rings (SSSR count). The molecule has 0 aromatic carbocycles. The molecule has 0 spiro atoms. The third-order valence-corrected chi connectivity index (χ3v) is 5.16. The Morgan fingerprint density at radius 2 is 2.15 bits per heavy atom. The molecule has 2 saturated heterocycles. The van der Waals surface area contributed by atoms with Crippen LogP contribution in [-0.4, -0.2) is 52.7 Å². The maximum atomic E-state index is 13.2. The maximum absolute atomic E-state index is 13.2. The summed E-state index contributed by atoms with van der Waals surface area (Å²) in [6, 6.07) is 5.48. The first-order chi connectivity index (χ1) is 12.6. The van der Waals surface area contributed by atoms with E-state index >= 15 is 0 Å². The molecule has 0 unspecified atom stereocenters. The highest BCUT2D eigenvalue weighted by Crippen LogP contribution is 2.44. The summed E-state index contributed by atoms with van der Waals surface area (Å²) in [5.41, 5.74) is -0.966. The lowest BCUT2D eigenvalue weighted by Crippen LogP contribution is -2.65. The third kappa shape index (κ3) is 3.87. The Kier molecular flexibility index (Phi) is 5.08. The van der Waals surface area contributed by atoms with E-state index in [-0.39, 0.29) is 30.3 Å². The number of carbonyl (C=O) groups is 1. The number of amides is 1. The standard InChI is InChI=1S/C21H30N2O4/c1-7-20(5,6)17-16-13-26-21(14-25-17,12-15-10-8-9-11-22-15)23(16)18(24)27-19(2,3)4/h7-11,16-17H,1,12-14H2,2-6H3/t16-,17-,21-/m0/s1. The molecule has 6 nitrogen and oxygen atoms in total. The molecule has 1 aromatic heterocycles.